The third-order valence-electron chi connectivity index (χ3n) is 7.11. The number of anilines is 1. The Morgan fingerprint density at radius 3 is 2.50 bits per heavy atom. The summed E-state index contributed by atoms with van der Waals surface area (Å²) >= 11 is 0. The predicted molar refractivity (Wildman–Crippen MR) is 144 cm³/mol. The largest absolute Gasteiger partial charge is 0.416 e. The zero-order chi connectivity index (χ0) is 26.9. The van der Waals surface area contributed by atoms with Crippen LogP contribution < -0.4 is 5.32 Å². The number of piperazine rings is 1. The summed E-state index contributed by atoms with van der Waals surface area (Å²) in [6.45, 7) is 5.26. The number of aromatic nitrogens is 1. The van der Waals surface area contributed by atoms with Crippen LogP contribution in [0.15, 0.2) is 73.1 Å². The highest BCUT2D eigenvalue weighted by Gasteiger charge is 2.34. The highest BCUT2D eigenvalue weighted by molar-refractivity contribution is 6.05. The number of hydrogen-bond acceptors (Lipinski definition) is 4. The quantitative estimate of drug-likeness (QED) is 0.340. The van der Waals surface area contributed by atoms with Gasteiger partial charge in [-0.3, -0.25) is 14.7 Å². The van der Waals surface area contributed by atoms with E-state index in [0.717, 1.165) is 59.7 Å². The molecule has 196 valence electrons. The van der Waals surface area contributed by atoms with Crippen LogP contribution in [0.4, 0.5) is 18.9 Å². The summed E-state index contributed by atoms with van der Waals surface area (Å²) in [4.78, 5) is 21.5. The molecule has 1 N–H and O–H groups in total. The van der Waals surface area contributed by atoms with Gasteiger partial charge in [0.05, 0.1) is 5.56 Å². The number of halogens is 3. The summed E-state index contributed by atoms with van der Waals surface area (Å²) in [6.07, 6.45) is -0.998. The highest BCUT2D eigenvalue weighted by Crippen LogP contribution is 2.35. The van der Waals surface area contributed by atoms with Gasteiger partial charge in [0.1, 0.15) is 0 Å². The Balaban J connectivity index is 1.38. The second-order valence-corrected chi connectivity index (χ2v) is 9.87. The van der Waals surface area contributed by atoms with Gasteiger partial charge in [0.15, 0.2) is 0 Å². The zero-order valence-corrected chi connectivity index (χ0v) is 21.3. The van der Waals surface area contributed by atoms with Crippen LogP contribution in [0.5, 0.6) is 0 Å². The summed E-state index contributed by atoms with van der Waals surface area (Å²) in [7, 11) is 2.01. The lowest BCUT2D eigenvalue weighted by atomic mass is 9.96. The van der Waals surface area contributed by atoms with E-state index in [0.29, 0.717) is 5.56 Å². The van der Waals surface area contributed by atoms with Crippen LogP contribution in [-0.2, 0) is 12.7 Å². The number of hydrogen-bond donors (Lipinski definition) is 1. The summed E-state index contributed by atoms with van der Waals surface area (Å²) in [5.74, 6) is -0.464. The molecule has 5 rings (SSSR count). The van der Waals surface area contributed by atoms with Crippen molar-refractivity contribution in [3.05, 3.63) is 95.3 Å². The molecular formula is C30H29F3N4O. The van der Waals surface area contributed by atoms with Crippen molar-refractivity contribution in [2.45, 2.75) is 19.6 Å². The molecule has 1 amide bonds. The summed E-state index contributed by atoms with van der Waals surface area (Å²) < 4.78 is 41.9. The molecule has 0 aliphatic carbocycles. The number of benzene rings is 3. The molecule has 0 radical (unpaired) electrons. The Hall–Kier alpha value is -3.75. The normalized spacial score (nSPS) is 15.1. The van der Waals surface area contributed by atoms with Gasteiger partial charge in [-0.2, -0.15) is 13.2 Å². The van der Waals surface area contributed by atoms with Gasteiger partial charge in [-0.1, -0.05) is 24.3 Å². The van der Waals surface area contributed by atoms with Gasteiger partial charge < -0.3 is 10.2 Å². The Bertz CT molecular complexity index is 1480. The first-order chi connectivity index (χ1) is 18.2. The second kappa shape index (κ2) is 10.6. The van der Waals surface area contributed by atoms with E-state index >= 15 is 0 Å². The number of nitrogens with zero attached hydrogens (tertiary/aromatic N) is 3. The lowest BCUT2D eigenvalue weighted by Gasteiger charge is -2.33. The molecule has 1 aliphatic rings. The maximum Gasteiger partial charge on any atom is 0.416 e. The average Bonchev–Trinajstić information content (AvgIpc) is 2.90. The van der Waals surface area contributed by atoms with Crippen molar-refractivity contribution >= 4 is 22.4 Å². The maximum atomic E-state index is 14.0. The minimum atomic E-state index is -4.52. The smallest absolute Gasteiger partial charge is 0.322 e. The first-order valence-corrected chi connectivity index (χ1v) is 12.5. The third-order valence-corrected chi connectivity index (χ3v) is 7.11. The Kier molecular flexibility index (Phi) is 7.19. The number of rotatable bonds is 5. The van der Waals surface area contributed by atoms with E-state index in [2.05, 4.69) is 15.2 Å². The van der Waals surface area contributed by atoms with Crippen LogP contribution in [0.25, 0.3) is 21.9 Å². The van der Waals surface area contributed by atoms with E-state index in [9.17, 15) is 18.0 Å². The minimum absolute atomic E-state index is 0.114. The van der Waals surface area contributed by atoms with Crippen molar-refractivity contribution in [1.29, 1.82) is 0 Å². The molecule has 0 spiro atoms. The maximum absolute atomic E-state index is 14.0. The van der Waals surface area contributed by atoms with Gasteiger partial charge in [0.2, 0.25) is 0 Å². The summed E-state index contributed by atoms with van der Waals surface area (Å²) in [6, 6.07) is 17.3. The fourth-order valence-electron chi connectivity index (χ4n) is 4.83. The third kappa shape index (κ3) is 5.71. The van der Waals surface area contributed by atoms with E-state index in [4.69, 9.17) is 0 Å². The molecule has 1 fully saturated rings. The molecule has 1 saturated heterocycles. The fraction of sp³-hybridized carbons (Fsp3) is 0.267. The molecule has 2 heterocycles. The Morgan fingerprint density at radius 1 is 0.947 bits per heavy atom. The number of amides is 1. The van der Waals surface area contributed by atoms with E-state index in [1.54, 1.807) is 30.6 Å². The number of carbonyl (C=O) groups excluding carboxylic acids is 1. The monoisotopic (exact) mass is 518 g/mol. The number of likely N-dealkylation sites (N-methyl/N-ethyl adjacent to an activating group) is 1. The molecule has 3 aromatic carbocycles. The number of aryl methyl sites for hydroxylation is 1. The minimum Gasteiger partial charge on any atom is -0.322 e. The molecule has 8 heteroatoms. The van der Waals surface area contributed by atoms with Crippen LogP contribution in [0, 0.1) is 6.92 Å². The van der Waals surface area contributed by atoms with Crippen molar-refractivity contribution in [2.24, 2.45) is 0 Å². The fourth-order valence-corrected chi connectivity index (χ4v) is 4.83. The number of alkyl halides is 3. The van der Waals surface area contributed by atoms with Crippen molar-refractivity contribution in [3.63, 3.8) is 0 Å². The highest BCUT2D eigenvalue weighted by atomic mass is 19.4. The van der Waals surface area contributed by atoms with Crippen LogP contribution in [0.3, 0.4) is 0 Å². The van der Waals surface area contributed by atoms with Gasteiger partial charge in [0.25, 0.3) is 5.91 Å². The lowest BCUT2D eigenvalue weighted by Crippen LogP contribution is -2.44. The van der Waals surface area contributed by atoms with E-state index in [1.807, 2.05) is 49.2 Å². The van der Waals surface area contributed by atoms with E-state index in [-0.39, 0.29) is 17.8 Å². The van der Waals surface area contributed by atoms with E-state index in [1.165, 1.54) is 6.07 Å². The molecule has 4 aromatic rings. The standard InChI is InChI=1S/C30H29F3N4O/c1-20-3-4-23(16-27(20)22-6-5-21-9-10-34-18-25(21)15-22)29(38)35-26-8-7-24(28(17-26)30(31,32)33)19-37-13-11-36(2)12-14-37/h3-10,15-18H,11-14,19H2,1-2H3,(H,35,38). The molecule has 1 aliphatic heterocycles. The van der Waals surface area contributed by atoms with Crippen molar-refractivity contribution in [3.8, 4) is 11.1 Å². The molecular weight excluding hydrogens is 489 g/mol. The van der Waals surface area contributed by atoms with E-state index < -0.39 is 17.6 Å². The van der Waals surface area contributed by atoms with Gasteiger partial charge in [-0.25, -0.2) is 0 Å². The molecule has 5 nitrogen and oxygen atoms in total. The van der Waals surface area contributed by atoms with Crippen molar-refractivity contribution in [1.82, 2.24) is 14.8 Å². The molecule has 0 atom stereocenters. The molecule has 38 heavy (non-hydrogen) atoms. The van der Waals surface area contributed by atoms with Gasteiger partial charge >= 0.3 is 6.18 Å². The number of fused-ring (bicyclic) bond motifs is 1. The van der Waals surface area contributed by atoms with Gasteiger partial charge in [0, 0.05) is 61.8 Å². The van der Waals surface area contributed by atoms with Crippen molar-refractivity contribution < 1.29 is 18.0 Å². The average molecular weight is 519 g/mol. The van der Waals surface area contributed by atoms with Crippen molar-refractivity contribution in [2.75, 3.05) is 38.5 Å². The number of carbonyl (C=O) groups is 1. The predicted octanol–water partition coefficient (Wildman–Crippen LogP) is 6.23. The van der Waals surface area contributed by atoms with Gasteiger partial charge in [-0.15, -0.1) is 0 Å². The lowest BCUT2D eigenvalue weighted by molar-refractivity contribution is -0.138. The van der Waals surface area contributed by atoms with Crippen LogP contribution in [-0.4, -0.2) is 53.9 Å². The Labute approximate surface area is 219 Å². The molecule has 0 bridgehead atoms. The van der Waals surface area contributed by atoms with Gasteiger partial charge in [-0.05, 0) is 78.0 Å². The summed E-state index contributed by atoms with van der Waals surface area (Å²) in [5.41, 5.74) is 2.77. The van der Waals surface area contributed by atoms with Crippen LogP contribution in [0.1, 0.15) is 27.0 Å². The zero-order valence-electron chi connectivity index (χ0n) is 21.3. The Morgan fingerprint density at radius 2 is 1.74 bits per heavy atom. The number of pyridine rings is 1. The second-order valence-electron chi connectivity index (χ2n) is 9.87. The molecule has 0 unspecified atom stereocenters. The van der Waals surface area contributed by atoms with Crippen LogP contribution >= 0.6 is 0 Å². The van der Waals surface area contributed by atoms with Crippen LogP contribution in [0.2, 0.25) is 0 Å². The molecule has 0 saturated carbocycles. The molecule has 1 aromatic heterocycles. The first kappa shape index (κ1) is 25.9. The first-order valence-electron chi connectivity index (χ1n) is 12.5. The SMILES string of the molecule is Cc1ccc(C(=O)Nc2ccc(CN3CCN(C)CC3)c(C(F)(F)F)c2)cc1-c1ccc2ccncc2c1. The number of nitrogens with one attached hydrogen (secondary N) is 1. The summed E-state index contributed by atoms with van der Waals surface area (Å²) in [5, 5.41) is 4.71. The topological polar surface area (TPSA) is 48.5 Å².